The number of piperidine rings is 1. The number of amides is 1. The van der Waals surface area contributed by atoms with Crippen LogP contribution < -0.4 is 18.9 Å². The van der Waals surface area contributed by atoms with Crippen molar-refractivity contribution < 1.29 is 38.1 Å². The van der Waals surface area contributed by atoms with Crippen LogP contribution in [0.1, 0.15) is 71.5 Å². The first-order valence-electron chi connectivity index (χ1n) is 18.3. The van der Waals surface area contributed by atoms with E-state index < -0.39 is 0 Å². The summed E-state index contributed by atoms with van der Waals surface area (Å²) in [5.74, 6) is 2.09. The van der Waals surface area contributed by atoms with E-state index in [2.05, 4.69) is 17.0 Å². The summed E-state index contributed by atoms with van der Waals surface area (Å²) in [4.78, 5) is 48.6. The molecule has 53 heavy (non-hydrogen) atoms. The summed E-state index contributed by atoms with van der Waals surface area (Å²) >= 11 is 0. The number of carbonyl (C=O) groups is 3. The van der Waals surface area contributed by atoms with Crippen molar-refractivity contribution in [1.82, 2.24) is 19.4 Å². The van der Waals surface area contributed by atoms with Crippen molar-refractivity contribution in [3.63, 3.8) is 0 Å². The highest BCUT2D eigenvalue weighted by Gasteiger charge is 2.30. The molecule has 0 bridgehead atoms. The molecule has 0 saturated carbocycles. The minimum Gasteiger partial charge on any atom is -0.497 e. The average Bonchev–Trinajstić information content (AvgIpc) is 3.56. The Hall–Kier alpha value is -5.10. The largest absolute Gasteiger partial charge is 0.497 e. The number of para-hydroxylation sites is 2. The monoisotopic (exact) mass is 728 g/mol. The van der Waals surface area contributed by atoms with Crippen molar-refractivity contribution in [2.45, 2.75) is 51.5 Å². The molecular weight excluding hydrogens is 676 g/mol. The topological polar surface area (TPSA) is 122 Å². The lowest BCUT2D eigenvalue weighted by atomic mass is 9.90. The normalized spacial score (nSPS) is 14.1. The standard InChI is InChI=1S/C41H52N4O8/c1-7-53-37(46)13-10-21-45-34-12-9-8-11-33(34)42-40(45)38(47)29-18-22-44(23-19-29)24-20-30(28-14-16-32(49-3)17-15-28)27-43(2)41(48)31-25-35(50-4)39(52-6)36(26-31)51-5/h8-9,11-12,14-17,25-26,29-30H,7,10,13,18-24,27H2,1-6H3. The van der Waals surface area contributed by atoms with Gasteiger partial charge in [0, 0.05) is 44.0 Å². The number of carbonyl (C=O) groups excluding carboxylic acids is 3. The second-order valence-electron chi connectivity index (χ2n) is 13.3. The number of fused-ring (bicyclic) bond motifs is 1. The maximum atomic E-state index is 14.0. The zero-order chi connectivity index (χ0) is 37.9. The molecule has 12 heteroatoms. The molecule has 1 saturated heterocycles. The van der Waals surface area contributed by atoms with E-state index >= 15 is 0 Å². The van der Waals surface area contributed by atoms with Gasteiger partial charge >= 0.3 is 5.97 Å². The van der Waals surface area contributed by atoms with Crippen LogP contribution in [-0.4, -0.2) is 105 Å². The van der Waals surface area contributed by atoms with Crippen LogP contribution >= 0.6 is 0 Å². The van der Waals surface area contributed by atoms with Crippen molar-refractivity contribution >= 4 is 28.7 Å². The fraction of sp³-hybridized carbons (Fsp3) is 0.463. The number of ether oxygens (including phenoxy) is 5. The van der Waals surface area contributed by atoms with E-state index in [9.17, 15) is 14.4 Å². The molecule has 1 aliphatic heterocycles. The first kappa shape index (κ1) is 39.1. The fourth-order valence-electron chi connectivity index (χ4n) is 7.12. The molecule has 5 rings (SSSR count). The number of esters is 1. The molecule has 12 nitrogen and oxygen atoms in total. The number of hydrogen-bond acceptors (Lipinski definition) is 10. The minimum atomic E-state index is -0.233. The molecule has 284 valence electrons. The molecule has 1 fully saturated rings. The number of imidazole rings is 1. The molecule has 0 aliphatic carbocycles. The third kappa shape index (κ3) is 9.47. The van der Waals surface area contributed by atoms with E-state index in [-0.39, 0.29) is 29.5 Å². The van der Waals surface area contributed by atoms with Crippen LogP contribution in [0.15, 0.2) is 60.7 Å². The van der Waals surface area contributed by atoms with E-state index in [4.69, 9.17) is 28.7 Å². The smallest absolute Gasteiger partial charge is 0.305 e. The highest BCUT2D eigenvalue weighted by Crippen LogP contribution is 2.38. The molecule has 1 aromatic heterocycles. The fourth-order valence-corrected chi connectivity index (χ4v) is 7.12. The van der Waals surface area contributed by atoms with Crippen LogP contribution in [0.5, 0.6) is 23.0 Å². The van der Waals surface area contributed by atoms with Crippen LogP contribution in [0.4, 0.5) is 0 Å². The summed E-state index contributed by atoms with van der Waals surface area (Å²) in [5, 5.41) is 0. The Kier molecular flexibility index (Phi) is 13.7. The Bertz CT molecular complexity index is 1820. The molecule has 4 aromatic rings. The number of Topliss-reactive ketones (excluding diaryl/α,β-unsaturated/α-hetero) is 1. The Morgan fingerprint density at radius 3 is 2.19 bits per heavy atom. The number of ketones is 1. The van der Waals surface area contributed by atoms with Crippen LogP contribution in [0.25, 0.3) is 11.0 Å². The van der Waals surface area contributed by atoms with Gasteiger partial charge in [-0.2, -0.15) is 0 Å². The first-order chi connectivity index (χ1) is 25.7. The van der Waals surface area contributed by atoms with E-state index in [0.29, 0.717) is 61.2 Å². The third-order valence-corrected chi connectivity index (χ3v) is 10.0. The van der Waals surface area contributed by atoms with Gasteiger partial charge in [-0.3, -0.25) is 14.4 Å². The van der Waals surface area contributed by atoms with Gasteiger partial charge in [-0.25, -0.2) is 4.98 Å². The lowest BCUT2D eigenvalue weighted by molar-refractivity contribution is -0.143. The number of likely N-dealkylation sites (N-methyl/N-ethyl adjacent to an activating group) is 1. The van der Waals surface area contributed by atoms with E-state index in [0.717, 1.165) is 61.2 Å². The van der Waals surface area contributed by atoms with E-state index in [1.165, 1.54) is 21.3 Å². The highest BCUT2D eigenvalue weighted by atomic mass is 16.5. The minimum absolute atomic E-state index is 0.0470. The van der Waals surface area contributed by atoms with Gasteiger partial charge in [-0.15, -0.1) is 0 Å². The van der Waals surface area contributed by atoms with Gasteiger partial charge in [0.25, 0.3) is 5.91 Å². The van der Waals surface area contributed by atoms with Gasteiger partial charge in [0.2, 0.25) is 11.5 Å². The number of aromatic nitrogens is 2. The van der Waals surface area contributed by atoms with E-state index in [1.54, 1.807) is 31.1 Å². The van der Waals surface area contributed by atoms with Gasteiger partial charge < -0.3 is 38.1 Å². The predicted molar refractivity (Wildman–Crippen MR) is 203 cm³/mol. The second-order valence-corrected chi connectivity index (χ2v) is 13.3. The predicted octanol–water partition coefficient (Wildman–Crippen LogP) is 6.25. The molecular formula is C41H52N4O8. The Labute approximate surface area is 311 Å². The van der Waals surface area contributed by atoms with Gasteiger partial charge in [0.1, 0.15) is 5.75 Å². The highest BCUT2D eigenvalue weighted by molar-refractivity contribution is 5.98. The lowest BCUT2D eigenvalue weighted by Crippen LogP contribution is -2.38. The summed E-state index contributed by atoms with van der Waals surface area (Å²) in [5.41, 5.74) is 3.23. The molecule has 3 aromatic carbocycles. The summed E-state index contributed by atoms with van der Waals surface area (Å²) in [7, 11) is 8.04. The van der Waals surface area contributed by atoms with Crippen LogP contribution in [0.2, 0.25) is 0 Å². The van der Waals surface area contributed by atoms with Crippen molar-refractivity contribution in [1.29, 1.82) is 0 Å². The Morgan fingerprint density at radius 1 is 0.887 bits per heavy atom. The molecule has 1 unspecified atom stereocenters. The Balaban J connectivity index is 1.24. The van der Waals surface area contributed by atoms with Gasteiger partial charge in [-0.05, 0) is 94.2 Å². The Morgan fingerprint density at radius 2 is 1.57 bits per heavy atom. The van der Waals surface area contributed by atoms with Gasteiger partial charge in [-0.1, -0.05) is 24.3 Å². The van der Waals surface area contributed by atoms with E-state index in [1.807, 2.05) is 48.0 Å². The zero-order valence-corrected chi connectivity index (χ0v) is 31.8. The molecule has 0 spiro atoms. The van der Waals surface area contributed by atoms with Crippen molar-refractivity contribution in [2.24, 2.45) is 5.92 Å². The van der Waals surface area contributed by atoms with Crippen molar-refractivity contribution in [3.05, 3.63) is 77.6 Å². The molecule has 2 heterocycles. The third-order valence-electron chi connectivity index (χ3n) is 10.0. The quantitative estimate of drug-likeness (QED) is 0.0858. The SMILES string of the molecule is CCOC(=O)CCCn1c(C(=O)C2CCN(CCC(CN(C)C(=O)c3cc(OC)c(OC)c(OC)c3)c3ccc(OC)cc3)CC2)nc2ccccc21. The molecule has 0 radical (unpaired) electrons. The number of methoxy groups -OCH3 is 4. The number of likely N-dealkylation sites (tertiary alicyclic amines) is 1. The number of rotatable bonds is 18. The van der Waals surface area contributed by atoms with Gasteiger partial charge in [0.15, 0.2) is 17.3 Å². The maximum Gasteiger partial charge on any atom is 0.305 e. The van der Waals surface area contributed by atoms with Crippen molar-refractivity contribution in [2.75, 3.05) is 68.3 Å². The zero-order valence-electron chi connectivity index (χ0n) is 31.8. The first-order valence-corrected chi connectivity index (χ1v) is 18.3. The maximum absolute atomic E-state index is 14.0. The molecule has 1 aliphatic rings. The summed E-state index contributed by atoms with van der Waals surface area (Å²) < 4.78 is 28.9. The molecule has 1 atom stereocenters. The summed E-state index contributed by atoms with van der Waals surface area (Å²) in [6.45, 7) is 5.54. The van der Waals surface area contributed by atoms with Crippen LogP contribution in [0.3, 0.4) is 0 Å². The number of nitrogens with zero attached hydrogens (tertiary/aromatic N) is 4. The lowest BCUT2D eigenvalue weighted by Gasteiger charge is -2.33. The summed E-state index contributed by atoms with van der Waals surface area (Å²) in [6, 6.07) is 19.1. The van der Waals surface area contributed by atoms with Crippen molar-refractivity contribution in [3.8, 4) is 23.0 Å². The van der Waals surface area contributed by atoms with Crippen LogP contribution in [0, 0.1) is 5.92 Å². The van der Waals surface area contributed by atoms with Crippen LogP contribution in [-0.2, 0) is 16.1 Å². The average molecular weight is 729 g/mol. The number of hydrogen-bond donors (Lipinski definition) is 0. The number of benzene rings is 3. The summed E-state index contributed by atoms with van der Waals surface area (Å²) in [6.07, 6.45) is 3.14. The molecule has 1 amide bonds. The second kappa shape index (κ2) is 18.6. The molecule has 0 N–H and O–H groups in total. The number of aryl methyl sites for hydroxylation is 1. The van der Waals surface area contributed by atoms with Gasteiger partial charge in [0.05, 0.1) is 46.1 Å².